The molecule has 0 unspecified atom stereocenters. The normalized spacial score (nSPS) is 10.6. The number of methoxy groups -OCH3 is 2. The molecule has 0 saturated heterocycles. The highest BCUT2D eigenvalue weighted by Crippen LogP contribution is 2.28. The molecule has 0 aliphatic carbocycles. The Labute approximate surface area is 197 Å². The van der Waals surface area contributed by atoms with Gasteiger partial charge >= 0.3 is 0 Å². The Morgan fingerprint density at radius 1 is 1.03 bits per heavy atom. The van der Waals surface area contributed by atoms with E-state index in [9.17, 15) is 4.79 Å². The molecule has 4 rings (SSSR count). The molecule has 0 aliphatic heterocycles. The van der Waals surface area contributed by atoms with Crippen LogP contribution in [0.15, 0.2) is 69.6 Å². The molecule has 0 aliphatic rings. The fraction of sp³-hybridized carbons (Fsp3) is 0.0870. The standard InChI is InChI=1S/C23H18BrN3O4S/c1-29-16-8-10-20-18(12-16)26-22(31-20)13-3-6-15(7-4-13)25-23(32)27-21(28)17-11-14(24)5-9-19(17)30-2/h3-12H,1-2H3,(H2,25,27,28,32). The molecule has 1 heterocycles. The maximum absolute atomic E-state index is 12.6. The highest BCUT2D eigenvalue weighted by molar-refractivity contribution is 9.10. The van der Waals surface area contributed by atoms with Gasteiger partial charge in [0.2, 0.25) is 5.89 Å². The monoisotopic (exact) mass is 511 g/mol. The zero-order chi connectivity index (χ0) is 22.7. The van der Waals surface area contributed by atoms with Gasteiger partial charge in [-0.15, -0.1) is 0 Å². The summed E-state index contributed by atoms with van der Waals surface area (Å²) in [6, 6.07) is 18.0. The summed E-state index contributed by atoms with van der Waals surface area (Å²) in [4.78, 5) is 17.1. The minimum absolute atomic E-state index is 0.165. The van der Waals surface area contributed by atoms with Gasteiger partial charge in [0.1, 0.15) is 17.0 Å². The zero-order valence-corrected chi connectivity index (χ0v) is 19.5. The summed E-state index contributed by atoms with van der Waals surface area (Å²) in [5, 5.41) is 5.82. The van der Waals surface area contributed by atoms with Crippen LogP contribution in [0.1, 0.15) is 10.4 Å². The van der Waals surface area contributed by atoms with Crippen LogP contribution in [-0.4, -0.2) is 30.2 Å². The molecule has 0 saturated carbocycles. The lowest BCUT2D eigenvalue weighted by Gasteiger charge is -2.12. The number of fused-ring (bicyclic) bond motifs is 1. The highest BCUT2D eigenvalue weighted by atomic mass is 79.9. The van der Waals surface area contributed by atoms with E-state index in [4.69, 9.17) is 26.1 Å². The van der Waals surface area contributed by atoms with Crippen molar-refractivity contribution in [2.24, 2.45) is 0 Å². The van der Waals surface area contributed by atoms with Gasteiger partial charge in [0.15, 0.2) is 10.7 Å². The number of nitrogens with zero attached hydrogens (tertiary/aromatic N) is 1. The van der Waals surface area contributed by atoms with Crippen LogP contribution in [0.25, 0.3) is 22.6 Å². The molecule has 1 amide bonds. The minimum atomic E-state index is -0.376. The van der Waals surface area contributed by atoms with Crippen molar-refractivity contribution >= 4 is 56.0 Å². The number of hydrogen-bond donors (Lipinski definition) is 2. The maximum atomic E-state index is 12.6. The number of nitrogens with one attached hydrogen (secondary N) is 2. The maximum Gasteiger partial charge on any atom is 0.261 e. The first-order valence-electron chi connectivity index (χ1n) is 9.47. The van der Waals surface area contributed by atoms with Gasteiger partial charge in [-0.1, -0.05) is 15.9 Å². The third kappa shape index (κ3) is 4.74. The number of benzene rings is 3. The largest absolute Gasteiger partial charge is 0.497 e. The van der Waals surface area contributed by atoms with Crippen molar-refractivity contribution < 1.29 is 18.7 Å². The van der Waals surface area contributed by atoms with Crippen molar-refractivity contribution in [3.8, 4) is 23.0 Å². The smallest absolute Gasteiger partial charge is 0.261 e. The van der Waals surface area contributed by atoms with E-state index in [0.29, 0.717) is 39.7 Å². The lowest BCUT2D eigenvalue weighted by molar-refractivity contribution is 0.0974. The number of halogens is 1. The average Bonchev–Trinajstić information content (AvgIpc) is 3.22. The second kappa shape index (κ2) is 9.37. The van der Waals surface area contributed by atoms with Crippen LogP contribution in [0, 0.1) is 0 Å². The molecule has 0 bridgehead atoms. The number of aromatic nitrogens is 1. The number of hydrogen-bond acceptors (Lipinski definition) is 6. The molecule has 0 spiro atoms. The highest BCUT2D eigenvalue weighted by Gasteiger charge is 2.15. The molecular formula is C23H18BrN3O4S. The number of anilines is 1. The number of carbonyl (C=O) groups excluding carboxylic acids is 1. The van der Waals surface area contributed by atoms with Gasteiger partial charge in [0, 0.05) is 21.8 Å². The summed E-state index contributed by atoms with van der Waals surface area (Å²) in [5.74, 6) is 1.29. The van der Waals surface area contributed by atoms with Crippen LogP contribution < -0.4 is 20.1 Å². The van der Waals surface area contributed by atoms with Crippen molar-refractivity contribution in [3.05, 3.63) is 70.7 Å². The second-order valence-corrected chi connectivity index (χ2v) is 8.01. The molecule has 32 heavy (non-hydrogen) atoms. The lowest BCUT2D eigenvalue weighted by atomic mass is 10.2. The number of thiocarbonyl (C=S) groups is 1. The molecule has 7 nitrogen and oxygen atoms in total. The van der Waals surface area contributed by atoms with E-state index in [2.05, 4.69) is 31.5 Å². The van der Waals surface area contributed by atoms with E-state index in [1.54, 1.807) is 25.3 Å². The van der Waals surface area contributed by atoms with E-state index in [-0.39, 0.29) is 11.0 Å². The predicted molar refractivity (Wildman–Crippen MR) is 130 cm³/mol. The average molecular weight is 512 g/mol. The van der Waals surface area contributed by atoms with Crippen molar-refractivity contribution in [1.82, 2.24) is 10.3 Å². The van der Waals surface area contributed by atoms with Crippen LogP contribution in [0.4, 0.5) is 5.69 Å². The topological polar surface area (TPSA) is 85.6 Å². The number of rotatable bonds is 5. The van der Waals surface area contributed by atoms with E-state index in [1.165, 1.54) is 7.11 Å². The van der Waals surface area contributed by atoms with Gasteiger partial charge in [-0.3, -0.25) is 10.1 Å². The van der Waals surface area contributed by atoms with Crippen LogP contribution in [0.5, 0.6) is 11.5 Å². The van der Waals surface area contributed by atoms with Gasteiger partial charge < -0.3 is 19.2 Å². The number of amides is 1. The molecular weight excluding hydrogens is 494 g/mol. The fourth-order valence-corrected chi connectivity index (χ4v) is 3.62. The predicted octanol–water partition coefficient (Wildman–Crippen LogP) is 5.40. The molecule has 4 aromatic rings. The van der Waals surface area contributed by atoms with E-state index in [1.807, 2.05) is 42.5 Å². The van der Waals surface area contributed by atoms with Crippen LogP contribution >= 0.6 is 28.1 Å². The zero-order valence-electron chi connectivity index (χ0n) is 17.1. The summed E-state index contributed by atoms with van der Waals surface area (Å²) in [6.07, 6.45) is 0. The molecule has 3 aromatic carbocycles. The van der Waals surface area contributed by atoms with Gasteiger partial charge in [0.05, 0.1) is 19.8 Å². The SMILES string of the molecule is COc1ccc2oc(-c3ccc(NC(=S)NC(=O)c4cc(Br)ccc4OC)cc3)nc2c1. The first-order valence-corrected chi connectivity index (χ1v) is 10.7. The van der Waals surface area contributed by atoms with Gasteiger partial charge in [-0.05, 0) is 66.8 Å². The lowest BCUT2D eigenvalue weighted by Crippen LogP contribution is -2.34. The van der Waals surface area contributed by atoms with Crippen LogP contribution in [-0.2, 0) is 0 Å². The Hall–Kier alpha value is -3.43. The number of carbonyl (C=O) groups is 1. The van der Waals surface area contributed by atoms with Crippen LogP contribution in [0.2, 0.25) is 0 Å². The Kier molecular flexibility index (Phi) is 6.38. The van der Waals surface area contributed by atoms with E-state index in [0.717, 1.165) is 10.0 Å². The molecule has 0 fully saturated rings. The van der Waals surface area contributed by atoms with Gasteiger partial charge in [-0.2, -0.15) is 0 Å². The molecule has 162 valence electrons. The Morgan fingerprint density at radius 3 is 2.53 bits per heavy atom. The molecule has 0 radical (unpaired) electrons. The molecule has 9 heteroatoms. The van der Waals surface area contributed by atoms with Crippen LogP contribution in [0.3, 0.4) is 0 Å². The second-order valence-electron chi connectivity index (χ2n) is 6.68. The summed E-state index contributed by atoms with van der Waals surface area (Å²) in [7, 11) is 3.11. The van der Waals surface area contributed by atoms with Crippen molar-refractivity contribution in [3.63, 3.8) is 0 Å². The Balaban J connectivity index is 1.44. The molecule has 2 N–H and O–H groups in total. The van der Waals surface area contributed by atoms with Gasteiger partial charge in [0.25, 0.3) is 5.91 Å². The number of oxazole rings is 1. The third-order valence-electron chi connectivity index (χ3n) is 4.62. The summed E-state index contributed by atoms with van der Waals surface area (Å²) in [6.45, 7) is 0. The number of ether oxygens (including phenoxy) is 2. The van der Waals surface area contributed by atoms with Crippen molar-refractivity contribution in [2.45, 2.75) is 0 Å². The third-order valence-corrected chi connectivity index (χ3v) is 5.32. The molecule has 1 aromatic heterocycles. The first kappa shape index (κ1) is 21.8. The first-order chi connectivity index (χ1) is 15.5. The summed E-state index contributed by atoms with van der Waals surface area (Å²) < 4.78 is 17.0. The minimum Gasteiger partial charge on any atom is -0.497 e. The van der Waals surface area contributed by atoms with E-state index < -0.39 is 0 Å². The van der Waals surface area contributed by atoms with Crippen molar-refractivity contribution in [1.29, 1.82) is 0 Å². The van der Waals surface area contributed by atoms with Gasteiger partial charge in [-0.25, -0.2) is 4.98 Å². The quantitative estimate of drug-likeness (QED) is 0.347. The van der Waals surface area contributed by atoms with Crippen molar-refractivity contribution in [2.75, 3.05) is 19.5 Å². The summed E-state index contributed by atoms with van der Waals surface area (Å²) in [5.41, 5.74) is 3.27. The van der Waals surface area contributed by atoms with E-state index >= 15 is 0 Å². The molecule has 0 atom stereocenters. The fourth-order valence-electron chi connectivity index (χ4n) is 3.04. The summed E-state index contributed by atoms with van der Waals surface area (Å²) >= 11 is 8.63. The Bertz CT molecular complexity index is 1300. The Morgan fingerprint density at radius 2 is 1.81 bits per heavy atom.